The molecular weight excluding hydrogens is 272 g/mol. The number of Topliss-reactive ketones (excluding diaryl/α,β-unsaturated/α-hetero) is 2. The number of hydrogen-bond donors (Lipinski definition) is 0. The molecular formula is C20H20O2. The summed E-state index contributed by atoms with van der Waals surface area (Å²) in [6.45, 7) is 0. The molecule has 2 aromatic rings. The standard InChI is InChI=1S/C20H20O2/c21-18-14-8-7-13-17(18)19(15-9-3-1-4-10-15)20(22)16-11-5-2-6-12-16/h1-6,9-12,17,19H,7-8,13-14H2/t17-,19+/m0/s1. The zero-order chi connectivity index (χ0) is 15.4. The molecule has 0 aliphatic heterocycles. The lowest BCUT2D eigenvalue weighted by molar-refractivity contribution is -0.125. The molecule has 112 valence electrons. The summed E-state index contributed by atoms with van der Waals surface area (Å²) in [5, 5.41) is 0. The van der Waals surface area contributed by atoms with Gasteiger partial charge in [0, 0.05) is 17.9 Å². The lowest BCUT2D eigenvalue weighted by atomic mass is 9.73. The molecule has 1 saturated carbocycles. The Hall–Kier alpha value is -2.22. The van der Waals surface area contributed by atoms with Crippen LogP contribution in [0.1, 0.15) is 47.5 Å². The molecule has 0 spiro atoms. The van der Waals surface area contributed by atoms with Crippen LogP contribution >= 0.6 is 0 Å². The first-order valence-corrected chi connectivity index (χ1v) is 7.94. The Morgan fingerprint density at radius 2 is 1.55 bits per heavy atom. The van der Waals surface area contributed by atoms with Gasteiger partial charge in [0.05, 0.1) is 5.92 Å². The molecule has 22 heavy (non-hydrogen) atoms. The molecule has 0 N–H and O–H groups in total. The molecule has 0 aromatic heterocycles. The highest BCUT2D eigenvalue weighted by Gasteiger charge is 2.36. The molecule has 2 nitrogen and oxygen atoms in total. The van der Waals surface area contributed by atoms with Gasteiger partial charge < -0.3 is 0 Å². The smallest absolute Gasteiger partial charge is 0.171 e. The van der Waals surface area contributed by atoms with Gasteiger partial charge in [-0.25, -0.2) is 0 Å². The van der Waals surface area contributed by atoms with Crippen molar-refractivity contribution in [2.75, 3.05) is 0 Å². The van der Waals surface area contributed by atoms with Crippen LogP contribution in [-0.2, 0) is 4.79 Å². The van der Waals surface area contributed by atoms with Crippen molar-refractivity contribution in [1.29, 1.82) is 0 Å². The Balaban J connectivity index is 1.99. The van der Waals surface area contributed by atoms with Crippen LogP contribution in [0.25, 0.3) is 0 Å². The zero-order valence-electron chi connectivity index (χ0n) is 12.6. The predicted octanol–water partition coefficient (Wildman–Crippen LogP) is 4.41. The van der Waals surface area contributed by atoms with Crippen molar-refractivity contribution in [2.45, 2.75) is 31.6 Å². The second-order valence-corrected chi connectivity index (χ2v) is 5.94. The second-order valence-electron chi connectivity index (χ2n) is 5.94. The molecule has 2 atom stereocenters. The largest absolute Gasteiger partial charge is 0.299 e. The van der Waals surface area contributed by atoms with E-state index in [1.807, 2.05) is 60.7 Å². The average molecular weight is 292 g/mol. The van der Waals surface area contributed by atoms with Crippen LogP contribution in [0, 0.1) is 5.92 Å². The molecule has 0 amide bonds. The Bertz CT molecular complexity index is 646. The highest BCUT2D eigenvalue weighted by Crippen LogP contribution is 2.36. The van der Waals surface area contributed by atoms with Gasteiger partial charge in [0.1, 0.15) is 5.78 Å². The van der Waals surface area contributed by atoms with E-state index in [9.17, 15) is 9.59 Å². The Labute approximate surface area is 131 Å². The van der Waals surface area contributed by atoms with Crippen molar-refractivity contribution in [1.82, 2.24) is 0 Å². The minimum absolute atomic E-state index is 0.0621. The fraction of sp³-hybridized carbons (Fsp3) is 0.300. The van der Waals surface area contributed by atoms with Gasteiger partial charge >= 0.3 is 0 Å². The number of benzene rings is 2. The van der Waals surface area contributed by atoms with Crippen LogP contribution in [-0.4, -0.2) is 11.6 Å². The van der Waals surface area contributed by atoms with Crippen molar-refractivity contribution >= 4 is 11.6 Å². The molecule has 0 unspecified atom stereocenters. The molecule has 0 bridgehead atoms. The van der Waals surface area contributed by atoms with Crippen LogP contribution in [0.5, 0.6) is 0 Å². The van der Waals surface area contributed by atoms with Crippen molar-refractivity contribution in [3.8, 4) is 0 Å². The monoisotopic (exact) mass is 292 g/mol. The van der Waals surface area contributed by atoms with Crippen molar-refractivity contribution in [3.05, 3.63) is 71.8 Å². The van der Waals surface area contributed by atoms with Gasteiger partial charge in [0.25, 0.3) is 0 Å². The molecule has 2 heteroatoms. The first kappa shape index (κ1) is 14.7. The summed E-state index contributed by atoms with van der Waals surface area (Å²) in [6.07, 6.45) is 3.41. The molecule has 0 saturated heterocycles. The van der Waals surface area contributed by atoms with Gasteiger partial charge in [0.15, 0.2) is 5.78 Å². The highest BCUT2D eigenvalue weighted by molar-refractivity contribution is 6.04. The Kier molecular flexibility index (Phi) is 4.47. The molecule has 3 rings (SSSR count). The number of rotatable bonds is 4. The maximum Gasteiger partial charge on any atom is 0.171 e. The molecule has 1 fully saturated rings. The number of hydrogen-bond acceptors (Lipinski definition) is 2. The summed E-state index contributed by atoms with van der Waals surface area (Å²) in [6, 6.07) is 19.1. The summed E-state index contributed by atoms with van der Waals surface area (Å²) >= 11 is 0. The van der Waals surface area contributed by atoms with E-state index in [1.54, 1.807) is 0 Å². The Morgan fingerprint density at radius 1 is 0.909 bits per heavy atom. The maximum absolute atomic E-state index is 13.0. The molecule has 1 aliphatic rings. The van der Waals surface area contributed by atoms with E-state index in [2.05, 4.69) is 0 Å². The molecule has 1 aliphatic carbocycles. The van der Waals surface area contributed by atoms with Gasteiger partial charge in [-0.2, -0.15) is 0 Å². The number of carbonyl (C=O) groups is 2. The van der Waals surface area contributed by atoms with E-state index in [1.165, 1.54) is 0 Å². The lowest BCUT2D eigenvalue weighted by Gasteiger charge is -2.28. The molecule has 0 radical (unpaired) electrons. The predicted molar refractivity (Wildman–Crippen MR) is 86.9 cm³/mol. The fourth-order valence-corrected chi connectivity index (χ4v) is 3.37. The highest BCUT2D eigenvalue weighted by atomic mass is 16.1. The third-order valence-corrected chi connectivity index (χ3v) is 4.50. The lowest BCUT2D eigenvalue weighted by Crippen LogP contribution is -2.30. The third kappa shape index (κ3) is 3.01. The van der Waals surface area contributed by atoms with E-state index in [0.717, 1.165) is 24.8 Å². The van der Waals surface area contributed by atoms with E-state index < -0.39 is 0 Å². The SMILES string of the molecule is O=C(c1ccccc1)[C@H](c1ccccc1)[C@H]1CCCCC1=O. The average Bonchev–Trinajstić information content (AvgIpc) is 2.58. The van der Waals surface area contributed by atoms with Crippen molar-refractivity contribution in [2.24, 2.45) is 5.92 Å². The summed E-state index contributed by atoms with van der Waals surface area (Å²) in [5.41, 5.74) is 1.64. The van der Waals surface area contributed by atoms with Crippen LogP contribution in [0.4, 0.5) is 0 Å². The molecule has 0 heterocycles. The van der Waals surface area contributed by atoms with Gasteiger partial charge in [-0.15, -0.1) is 0 Å². The van der Waals surface area contributed by atoms with E-state index in [-0.39, 0.29) is 23.4 Å². The third-order valence-electron chi connectivity index (χ3n) is 4.50. The summed E-state index contributed by atoms with van der Waals surface area (Å²) in [7, 11) is 0. The number of carbonyl (C=O) groups excluding carboxylic acids is 2. The fourth-order valence-electron chi connectivity index (χ4n) is 3.37. The minimum Gasteiger partial charge on any atom is -0.299 e. The van der Waals surface area contributed by atoms with Gasteiger partial charge in [0.2, 0.25) is 0 Å². The Morgan fingerprint density at radius 3 is 2.18 bits per heavy atom. The number of ketones is 2. The normalized spacial score (nSPS) is 19.6. The quantitative estimate of drug-likeness (QED) is 0.782. The first-order chi connectivity index (χ1) is 10.8. The summed E-state index contributed by atoms with van der Waals surface area (Å²) < 4.78 is 0. The first-order valence-electron chi connectivity index (χ1n) is 7.94. The van der Waals surface area contributed by atoms with Crippen LogP contribution < -0.4 is 0 Å². The summed E-state index contributed by atoms with van der Waals surface area (Å²) in [5.74, 6) is -0.225. The second kappa shape index (κ2) is 6.69. The van der Waals surface area contributed by atoms with Gasteiger partial charge in [-0.1, -0.05) is 67.1 Å². The van der Waals surface area contributed by atoms with Crippen molar-refractivity contribution in [3.63, 3.8) is 0 Å². The van der Waals surface area contributed by atoms with Crippen LogP contribution in [0.15, 0.2) is 60.7 Å². The summed E-state index contributed by atoms with van der Waals surface area (Å²) in [4.78, 5) is 25.4. The van der Waals surface area contributed by atoms with E-state index in [4.69, 9.17) is 0 Å². The minimum atomic E-state index is -0.351. The van der Waals surface area contributed by atoms with Crippen molar-refractivity contribution < 1.29 is 9.59 Å². The van der Waals surface area contributed by atoms with Gasteiger partial charge in [-0.05, 0) is 18.4 Å². The maximum atomic E-state index is 13.0. The van der Waals surface area contributed by atoms with Crippen LogP contribution in [0.3, 0.4) is 0 Å². The topological polar surface area (TPSA) is 34.1 Å². The van der Waals surface area contributed by atoms with Gasteiger partial charge in [-0.3, -0.25) is 9.59 Å². The van der Waals surface area contributed by atoms with Crippen LogP contribution in [0.2, 0.25) is 0 Å². The molecule has 2 aromatic carbocycles. The van der Waals surface area contributed by atoms with E-state index >= 15 is 0 Å². The zero-order valence-corrected chi connectivity index (χ0v) is 12.6. The van der Waals surface area contributed by atoms with E-state index in [0.29, 0.717) is 12.0 Å².